The molecule has 0 aliphatic carbocycles. The molecule has 2 rings (SSSR count). The fraction of sp³-hybridized carbons (Fsp3) is 0.714. The van der Waals surface area contributed by atoms with E-state index in [4.69, 9.17) is 4.74 Å². The van der Waals surface area contributed by atoms with Crippen molar-refractivity contribution in [3.8, 4) is 0 Å². The van der Waals surface area contributed by atoms with E-state index in [2.05, 4.69) is 29.4 Å². The Morgan fingerprint density at radius 2 is 2.04 bits per heavy atom. The number of thioether (sulfide) groups is 1. The van der Waals surface area contributed by atoms with Crippen molar-refractivity contribution in [2.24, 2.45) is 5.92 Å². The lowest BCUT2D eigenvalue weighted by atomic mass is 10.1. The van der Waals surface area contributed by atoms with E-state index in [1.807, 2.05) is 0 Å². The van der Waals surface area contributed by atoms with Crippen molar-refractivity contribution in [1.82, 2.24) is 15.1 Å². The molecular formula is C14H22N4O3S2. The smallest absolute Gasteiger partial charge is 0.236 e. The van der Waals surface area contributed by atoms with Gasteiger partial charge in [0, 0.05) is 19.5 Å². The predicted molar refractivity (Wildman–Crippen MR) is 91.8 cm³/mol. The van der Waals surface area contributed by atoms with Gasteiger partial charge in [0.15, 0.2) is 0 Å². The number of carbonyl (C=O) groups excluding carboxylic acids is 2. The van der Waals surface area contributed by atoms with Crippen LogP contribution in [0.4, 0.5) is 5.13 Å². The standard InChI is InChI=1S/C14H22N4O3S2/c1-10(2)7-12-16-17-14(23-12)15-11(19)8-22-9-13(20)18-3-5-21-6-4-18/h10H,3-9H2,1-2H3,(H,15,17,19). The summed E-state index contributed by atoms with van der Waals surface area (Å²) in [4.78, 5) is 25.6. The van der Waals surface area contributed by atoms with Crippen LogP contribution in [0.3, 0.4) is 0 Å². The second-order valence-electron chi connectivity index (χ2n) is 5.63. The molecule has 7 nitrogen and oxygen atoms in total. The van der Waals surface area contributed by atoms with Gasteiger partial charge in [0.25, 0.3) is 0 Å². The highest BCUT2D eigenvalue weighted by Crippen LogP contribution is 2.18. The number of nitrogens with one attached hydrogen (secondary N) is 1. The molecule has 1 aliphatic heterocycles. The fourth-order valence-electron chi connectivity index (χ4n) is 2.03. The van der Waals surface area contributed by atoms with Crippen molar-refractivity contribution in [2.75, 3.05) is 43.1 Å². The number of anilines is 1. The third-order valence-electron chi connectivity index (χ3n) is 3.12. The van der Waals surface area contributed by atoms with Crippen molar-refractivity contribution in [2.45, 2.75) is 20.3 Å². The number of carbonyl (C=O) groups is 2. The van der Waals surface area contributed by atoms with E-state index in [1.165, 1.54) is 23.1 Å². The molecule has 0 saturated carbocycles. The molecule has 9 heteroatoms. The molecule has 1 fully saturated rings. The van der Waals surface area contributed by atoms with E-state index < -0.39 is 0 Å². The molecule has 1 aliphatic rings. The Bertz CT molecular complexity index is 530. The summed E-state index contributed by atoms with van der Waals surface area (Å²) in [5.41, 5.74) is 0. The highest BCUT2D eigenvalue weighted by molar-refractivity contribution is 8.00. The van der Waals surface area contributed by atoms with Gasteiger partial charge in [0.05, 0.1) is 24.7 Å². The topological polar surface area (TPSA) is 84.4 Å². The number of amides is 2. The average molecular weight is 358 g/mol. The van der Waals surface area contributed by atoms with E-state index in [9.17, 15) is 9.59 Å². The summed E-state index contributed by atoms with van der Waals surface area (Å²) in [6.45, 7) is 6.67. The lowest BCUT2D eigenvalue weighted by molar-refractivity contribution is -0.132. The third-order valence-corrected chi connectivity index (χ3v) is 4.90. The van der Waals surface area contributed by atoms with Crippen LogP contribution < -0.4 is 5.32 Å². The highest BCUT2D eigenvalue weighted by Gasteiger charge is 2.17. The molecule has 0 bridgehead atoms. The average Bonchev–Trinajstić information content (AvgIpc) is 2.94. The fourth-order valence-corrected chi connectivity index (χ4v) is 3.71. The van der Waals surface area contributed by atoms with Crippen LogP contribution in [0.25, 0.3) is 0 Å². The molecule has 1 aromatic rings. The molecule has 128 valence electrons. The van der Waals surface area contributed by atoms with Gasteiger partial charge in [-0.1, -0.05) is 25.2 Å². The first kappa shape index (κ1) is 18.2. The van der Waals surface area contributed by atoms with Crippen LogP contribution in [0.5, 0.6) is 0 Å². The maximum absolute atomic E-state index is 11.9. The zero-order valence-corrected chi connectivity index (χ0v) is 15.0. The minimum Gasteiger partial charge on any atom is -0.378 e. The molecule has 2 amide bonds. The monoisotopic (exact) mass is 358 g/mol. The lowest BCUT2D eigenvalue weighted by Crippen LogP contribution is -2.41. The van der Waals surface area contributed by atoms with Crippen LogP contribution in [-0.4, -0.2) is 64.7 Å². The molecular weight excluding hydrogens is 336 g/mol. The first-order valence-electron chi connectivity index (χ1n) is 7.60. The van der Waals surface area contributed by atoms with Crippen molar-refractivity contribution in [1.29, 1.82) is 0 Å². The second-order valence-corrected chi connectivity index (χ2v) is 7.68. The Morgan fingerprint density at radius 1 is 1.30 bits per heavy atom. The van der Waals surface area contributed by atoms with Crippen LogP contribution in [0.15, 0.2) is 0 Å². The molecule has 0 spiro atoms. The molecule has 1 saturated heterocycles. The molecule has 1 aromatic heterocycles. The largest absolute Gasteiger partial charge is 0.378 e. The Labute approximate surface area is 144 Å². The minimum absolute atomic E-state index is 0.0567. The van der Waals surface area contributed by atoms with Crippen LogP contribution in [-0.2, 0) is 20.7 Å². The minimum atomic E-state index is -0.156. The first-order valence-corrected chi connectivity index (χ1v) is 9.57. The highest BCUT2D eigenvalue weighted by atomic mass is 32.2. The number of hydrogen-bond donors (Lipinski definition) is 1. The third kappa shape index (κ3) is 6.44. The van der Waals surface area contributed by atoms with Crippen LogP contribution >= 0.6 is 23.1 Å². The molecule has 0 radical (unpaired) electrons. The summed E-state index contributed by atoms with van der Waals surface area (Å²) in [6, 6.07) is 0. The predicted octanol–water partition coefficient (Wildman–Crippen LogP) is 1.27. The SMILES string of the molecule is CC(C)Cc1nnc(NC(=O)CSCC(=O)N2CCOCC2)s1. The molecule has 0 unspecified atom stereocenters. The van der Waals surface area contributed by atoms with Crippen LogP contribution in [0.2, 0.25) is 0 Å². The number of morpholine rings is 1. The maximum atomic E-state index is 11.9. The Kier molecular flexibility index (Phi) is 7.25. The van der Waals surface area contributed by atoms with E-state index >= 15 is 0 Å². The Morgan fingerprint density at radius 3 is 2.74 bits per heavy atom. The number of ether oxygens (including phenoxy) is 1. The van der Waals surface area contributed by atoms with Gasteiger partial charge in [-0.05, 0) is 5.92 Å². The molecule has 1 N–H and O–H groups in total. The summed E-state index contributed by atoms with van der Waals surface area (Å²) in [7, 11) is 0. The van der Waals surface area contributed by atoms with E-state index in [0.29, 0.717) is 43.1 Å². The van der Waals surface area contributed by atoms with Gasteiger partial charge in [-0.3, -0.25) is 14.9 Å². The normalized spacial score (nSPS) is 15.0. The summed E-state index contributed by atoms with van der Waals surface area (Å²) in [5.74, 6) is 0.948. The lowest BCUT2D eigenvalue weighted by Gasteiger charge is -2.26. The van der Waals surface area contributed by atoms with Gasteiger partial charge in [-0.15, -0.1) is 22.0 Å². The second kappa shape index (κ2) is 9.19. The quantitative estimate of drug-likeness (QED) is 0.790. The van der Waals surface area contributed by atoms with Crippen molar-refractivity contribution in [3.63, 3.8) is 0 Å². The summed E-state index contributed by atoms with van der Waals surface area (Å²) in [6.07, 6.45) is 0.857. The van der Waals surface area contributed by atoms with Gasteiger partial charge >= 0.3 is 0 Å². The van der Waals surface area contributed by atoms with Gasteiger partial charge in [0.1, 0.15) is 5.01 Å². The van der Waals surface area contributed by atoms with E-state index in [1.54, 1.807) is 4.90 Å². The molecule has 0 aromatic carbocycles. The van der Waals surface area contributed by atoms with Gasteiger partial charge in [0.2, 0.25) is 16.9 Å². The zero-order chi connectivity index (χ0) is 16.7. The summed E-state index contributed by atoms with van der Waals surface area (Å²) < 4.78 is 5.21. The first-order chi connectivity index (χ1) is 11.0. The zero-order valence-electron chi connectivity index (χ0n) is 13.4. The molecule has 23 heavy (non-hydrogen) atoms. The number of nitrogens with zero attached hydrogens (tertiary/aromatic N) is 3. The Balaban J connectivity index is 1.66. The molecule has 2 heterocycles. The number of rotatable bonds is 7. The maximum Gasteiger partial charge on any atom is 0.236 e. The van der Waals surface area contributed by atoms with Gasteiger partial charge in [-0.25, -0.2) is 0 Å². The van der Waals surface area contributed by atoms with Crippen LogP contribution in [0, 0.1) is 5.92 Å². The Hall–Kier alpha value is -1.19. The van der Waals surface area contributed by atoms with E-state index in [-0.39, 0.29) is 17.6 Å². The van der Waals surface area contributed by atoms with E-state index in [0.717, 1.165) is 11.4 Å². The summed E-state index contributed by atoms with van der Waals surface area (Å²) >= 11 is 2.71. The summed E-state index contributed by atoms with van der Waals surface area (Å²) in [5, 5.41) is 12.2. The van der Waals surface area contributed by atoms with Crippen molar-refractivity contribution < 1.29 is 14.3 Å². The van der Waals surface area contributed by atoms with Gasteiger partial charge < -0.3 is 9.64 Å². The van der Waals surface area contributed by atoms with Gasteiger partial charge in [-0.2, -0.15) is 0 Å². The number of hydrogen-bond acceptors (Lipinski definition) is 7. The number of aromatic nitrogens is 2. The van der Waals surface area contributed by atoms with Crippen molar-refractivity contribution >= 4 is 40.0 Å². The van der Waals surface area contributed by atoms with Crippen molar-refractivity contribution in [3.05, 3.63) is 5.01 Å². The molecule has 0 atom stereocenters. The van der Waals surface area contributed by atoms with Crippen LogP contribution in [0.1, 0.15) is 18.9 Å².